The van der Waals surface area contributed by atoms with Crippen molar-refractivity contribution < 1.29 is 0 Å². The van der Waals surface area contributed by atoms with Gasteiger partial charge in [0.1, 0.15) is 0 Å². The molecule has 20 heavy (non-hydrogen) atoms. The third kappa shape index (κ3) is 3.51. The second-order valence-electron chi connectivity index (χ2n) is 7.16. The topological polar surface area (TPSA) is 28.2 Å². The summed E-state index contributed by atoms with van der Waals surface area (Å²) in [6.07, 6.45) is 10.6. The third-order valence-corrected chi connectivity index (χ3v) is 4.73. The summed E-state index contributed by atoms with van der Waals surface area (Å²) < 4.78 is 0. The van der Waals surface area contributed by atoms with Crippen molar-refractivity contribution in [1.82, 2.24) is 10.3 Å². The Morgan fingerprint density at radius 2 is 2.15 bits per heavy atom. The molecule has 0 unspecified atom stereocenters. The Balaban J connectivity index is 1.71. The largest absolute Gasteiger partial charge is 0.370 e. The van der Waals surface area contributed by atoms with Gasteiger partial charge in [-0.15, -0.1) is 0 Å². The zero-order valence-electron chi connectivity index (χ0n) is 12.9. The van der Waals surface area contributed by atoms with Crippen LogP contribution in [0.15, 0.2) is 18.5 Å². The Kier molecular flexibility index (Phi) is 3.97. The van der Waals surface area contributed by atoms with E-state index >= 15 is 0 Å². The molecule has 110 valence electrons. The minimum absolute atomic E-state index is 0.489. The summed E-state index contributed by atoms with van der Waals surface area (Å²) in [5, 5.41) is 3.63. The first-order chi connectivity index (χ1) is 9.64. The first kappa shape index (κ1) is 13.9. The monoisotopic (exact) mass is 273 g/mol. The summed E-state index contributed by atoms with van der Waals surface area (Å²) in [4.78, 5) is 6.91. The molecule has 0 spiro atoms. The standard InChI is InChI=1S/C17H27N3/c1-17(2)7-3-10-20(11-8-17)16-13-18-9-6-14(16)12-19-15-4-5-15/h6,9,13,15,19H,3-5,7-8,10-12H2,1-2H3. The van der Waals surface area contributed by atoms with E-state index in [-0.39, 0.29) is 0 Å². The quantitative estimate of drug-likeness (QED) is 0.912. The fraction of sp³-hybridized carbons (Fsp3) is 0.706. The van der Waals surface area contributed by atoms with E-state index in [1.165, 1.54) is 49.9 Å². The van der Waals surface area contributed by atoms with Gasteiger partial charge in [-0.2, -0.15) is 0 Å². The SMILES string of the molecule is CC1(C)CCCN(c2cnccc2CNC2CC2)CC1. The fourth-order valence-corrected chi connectivity index (χ4v) is 3.05. The number of anilines is 1. The van der Waals surface area contributed by atoms with Crippen LogP contribution in [-0.2, 0) is 6.54 Å². The van der Waals surface area contributed by atoms with Crippen LogP contribution in [0, 0.1) is 5.41 Å². The first-order valence-electron chi connectivity index (χ1n) is 8.05. The number of hydrogen-bond acceptors (Lipinski definition) is 3. The molecular weight excluding hydrogens is 246 g/mol. The van der Waals surface area contributed by atoms with E-state index in [0.29, 0.717) is 5.41 Å². The van der Waals surface area contributed by atoms with Gasteiger partial charge in [-0.05, 0) is 49.1 Å². The van der Waals surface area contributed by atoms with Crippen molar-refractivity contribution in [3.05, 3.63) is 24.0 Å². The Morgan fingerprint density at radius 1 is 1.30 bits per heavy atom. The molecule has 0 atom stereocenters. The molecular formula is C17H27N3. The molecule has 1 N–H and O–H groups in total. The maximum atomic E-state index is 4.36. The molecule has 0 aromatic carbocycles. The van der Waals surface area contributed by atoms with Crippen LogP contribution in [0.3, 0.4) is 0 Å². The maximum Gasteiger partial charge on any atom is 0.0598 e. The van der Waals surface area contributed by atoms with Gasteiger partial charge >= 0.3 is 0 Å². The third-order valence-electron chi connectivity index (χ3n) is 4.73. The number of rotatable bonds is 4. The molecule has 1 aromatic heterocycles. The Labute approximate surface area is 122 Å². The highest BCUT2D eigenvalue weighted by Gasteiger charge is 2.25. The van der Waals surface area contributed by atoms with Crippen LogP contribution in [0.5, 0.6) is 0 Å². The normalized spacial score (nSPS) is 22.6. The molecule has 3 rings (SSSR count). The first-order valence-corrected chi connectivity index (χ1v) is 8.05. The molecule has 1 aromatic rings. The average Bonchev–Trinajstić information content (AvgIpc) is 3.25. The van der Waals surface area contributed by atoms with Gasteiger partial charge in [-0.1, -0.05) is 13.8 Å². The number of pyridine rings is 1. The smallest absolute Gasteiger partial charge is 0.0598 e. The van der Waals surface area contributed by atoms with Crippen molar-refractivity contribution in [3.63, 3.8) is 0 Å². The second kappa shape index (κ2) is 5.72. The zero-order valence-corrected chi connectivity index (χ0v) is 12.9. The zero-order chi connectivity index (χ0) is 14.0. The second-order valence-corrected chi connectivity index (χ2v) is 7.16. The van der Waals surface area contributed by atoms with Crippen LogP contribution in [0.1, 0.15) is 51.5 Å². The number of aromatic nitrogens is 1. The van der Waals surface area contributed by atoms with Crippen molar-refractivity contribution in [3.8, 4) is 0 Å². The van der Waals surface area contributed by atoms with Crippen molar-refractivity contribution in [2.24, 2.45) is 5.41 Å². The van der Waals surface area contributed by atoms with E-state index in [4.69, 9.17) is 0 Å². The molecule has 0 radical (unpaired) electrons. The van der Waals surface area contributed by atoms with Crippen LogP contribution in [0.2, 0.25) is 0 Å². The van der Waals surface area contributed by atoms with E-state index in [0.717, 1.165) is 19.1 Å². The highest BCUT2D eigenvalue weighted by Crippen LogP contribution is 2.32. The van der Waals surface area contributed by atoms with Crippen molar-refractivity contribution in [1.29, 1.82) is 0 Å². The van der Waals surface area contributed by atoms with E-state index in [9.17, 15) is 0 Å². The van der Waals surface area contributed by atoms with Crippen molar-refractivity contribution in [2.75, 3.05) is 18.0 Å². The molecule has 0 amide bonds. The summed E-state index contributed by atoms with van der Waals surface area (Å²) >= 11 is 0. The number of nitrogens with one attached hydrogen (secondary N) is 1. The molecule has 0 bridgehead atoms. The van der Waals surface area contributed by atoms with E-state index in [2.05, 4.69) is 41.3 Å². The average molecular weight is 273 g/mol. The van der Waals surface area contributed by atoms with Gasteiger partial charge in [0, 0.05) is 31.9 Å². The van der Waals surface area contributed by atoms with E-state index in [1.807, 2.05) is 6.20 Å². The number of hydrogen-bond donors (Lipinski definition) is 1. The fourth-order valence-electron chi connectivity index (χ4n) is 3.05. The summed E-state index contributed by atoms with van der Waals surface area (Å²) in [5.74, 6) is 0. The maximum absolute atomic E-state index is 4.36. The lowest BCUT2D eigenvalue weighted by molar-refractivity contribution is 0.325. The highest BCUT2D eigenvalue weighted by atomic mass is 15.1. The van der Waals surface area contributed by atoms with Crippen molar-refractivity contribution in [2.45, 2.75) is 58.5 Å². The molecule has 2 aliphatic rings. The minimum Gasteiger partial charge on any atom is -0.370 e. The van der Waals surface area contributed by atoms with Gasteiger partial charge in [-0.3, -0.25) is 4.98 Å². The molecule has 3 heteroatoms. The molecule has 1 aliphatic carbocycles. The predicted molar refractivity (Wildman–Crippen MR) is 83.9 cm³/mol. The van der Waals surface area contributed by atoms with Gasteiger partial charge in [-0.25, -0.2) is 0 Å². The predicted octanol–water partition coefficient (Wildman–Crippen LogP) is 3.35. The molecule has 3 nitrogen and oxygen atoms in total. The van der Waals surface area contributed by atoms with Gasteiger partial charge in [0.05, 0.1) is 11.9 Å². The lowest BCUT2D eigenvalue weighted by Crippen LogP contribution is -2.27. The van der Waals surface area contributed by atoms with Gasteiger partial charge in [0.2, 0.25) is 0 Å². The Hall–Kier alpha value is -1.09. The van der Waals surface area contributed by atoms with E-state index in [1.54, 1.807) is 0 Å². The summed E-state index contributed by atoms with van der Waals surface area (Å²) in [5.41, 5.74) is 3.24. The summed E-state index contributed by atoms with van der Waals surface area (Å²) in [7, 11) is 0. The Morgan fingerprint density at radius 3 is 2.95 bits per heavy atom. The highest BCUT2D eigenvalue weighted by molar-refractivity contribution is 5.51. The van der Waals surface area contributed by atoms with Crippen LogP contribution in [0.4, 0.5) is 5.69 Å². The van der Waals surface area contributed by atoms with E-state index < -0.39 is 0 Å². The lowest BCUT2D eigenvalue weighted by Gasteiger charge is -2.26. The molecule has 1 aliphatic heterocycles. The summed E-state index contributed by atoms with van der Waals surface area (Å²) in [6.45, 7) is 8.12. The van der Waals surface area contributed by atoms with Gasteiger partial charge < -0.3 is 10.2 Å². The lowest BCUT2D eigenvalue weighted by atomic mass is 9.85. The molecule has 2 heterocycles. The van der Waals surface area contributed by atoms with Crippen LogP contribution >= 0.6 is 0 Å². The van der Waals surface area contributed by atoms with Crippen LogP contribution < -0.4 is 10.2 Å². The number of nitrogens with zero attached hydrogens (tertiary/aromatic N) is 2. The molecule has 1 saturated heterocycles. The van der Waals surface area contributed by atoms with Crippen LogP contribution in [-0.4, -0.2) is 24.1 Å². The summed E-state index contributed by atoms with van der Waals surface area (Å²) in [6, 6.07) is 2.94. The molecule has 2 fully saturated rings. The Bertz CT molecular complexity index is 451. The minimum atomic E-state index is 0.489. The van der Waals surface area contributed by atoms with Gasteiger partial charge in [0.25, 0.3) is 0 Å². The van der Waals surface area contributed by atoms with Gasteiger partial charge in [0.15, 0.2) is 0 Å². The molecule has 1 saturated carbocycles. The van der Waals surface area contributed by atoms with Crippen molar-refractivity contribution >= 4 is 5.69 Å². The van der Waals surface area contributed by atoms with Crippen LogP contribution in [0.25, 0.3) is 0 Å².